The molecule has 0 aromatic heterocycles. The van der Waals surface area contributed by atoms with Crippen LogP contribution in [-0.4, -0.2) is 67.2 Å². The minimum Gasteiger partial charge on any atom is -0.466 e. The number of unbranched alkanes of at least 4 members (excludes halogenated alkanes) is 23. The van der Waals surface area contributed by atoms with Gasteiger partial charge in [-0.2, -0.15) is 0 Å². The van der Waals surface area contributed by atoms with Crippen LogP contribution < -0.4 is 0 Å². The third-order valence-electron chi connectivity index (χ3n) is 11.2. The van der Waals surface area contributed by atoms with Crippen LogP contribution in [-0.2, 0) is 23.8 Å². The second-order valence-corrected chi connectivity index (χ2v) is 17.1. The predicted molar refractivity (Wildman–Crippen MR) is 246 cm³/mol. The Bertz CT molecular complexity index is 916. The fourth-order valence-corrected chi connectivity index (χ4v) is 7.46. The van der Waals surface area contributed by atoms with Gasteiger partial charge in [-0.15, -0.1) is 11.8 Å². The maximum Gasteiger partial charge on any atom is 0.305 e. The minimum absolute atomic E-state index is 0.0577. The quantitative estimate of drug-likeness (QED) is 0.0283. The first-order valence-corrected chi connectivity index (χ1v) is 25.3. The molecule has 0 aliphatic carbocycles. The molecule has 7 heteroatoms. The number of carbonyl (C=O) groups is 2. The Balaban J connectivity index is 4.44. The first-order valence-electron chi connectivity index (χ1n) is 25.3. The van der Waals surface area contributed by atoms with Crippen molar-refractivity contribution in [1.82, 2.24) is 4.90 Å². The van der Waals surface area contributed by atoms with Crippen LogP contribution in [0.1, 0.15) is 259 Å². The molecule has 342 valence electrons. The maximum absolute atomic E-state index is 12.1. The van der Waals surface area contributed by atoms with Gasteiger partial charge in [0.15, 0.2) is 6.29 Å². The number of ether oxygens (including phenoxy) is 3. The third kappa shape index (κ3) is 42.5. The number of hydrogen-bond donors (Lipinski definition) is 1. The van der Waals surface area contributed by atoms with E-state index in [1.54, 1.807) is 0 Å². The summed E-state index contributed by atoms with van der Waals surface area (Å²) in [6.07, 6.45) is 39.1. The van der Waals surface area contributed by atoms with E-state index in [4.69, 9.17) is 14.2 Å². The average Bonchev–Trinajstić information content (AvgIpc) is 3.21. The molecular weight excluding hydrogens is 723 g/mol. The lowest BCUT2D eigenvalue weighted by atomic mass is 10.0. The molecule has 1 unspecified atom stereocenters. The summed E-state index contributed by atoms with van der Waals surface area (Å²) in [4.78, 5) is 26.7. The third-order valence-corrected chi connectivity index (χ3v) is 11.2. The van der Waals surface area contributed by atoms with E-state index in [1.165, 1.54) is 103 Å². The van der Waals surface area contributed by atoms with Crippen molar-refractivity contribution < 1.29 is 28.9 Å². The lowest BCUT2D eigenvalue weighted by molar-refractivity contribution is -0.144. The van der Waals surface area contributed by atoms with E-state index in [-0.39, 0.29) is 18.0 Å². The number of rotatable bonds is 45. The topological polar surface area (TPSA) is 85.3 Å². The van der Waals surface area contributed by atoms with Crippen molar-refractivity contribution in [1.29, 1.82) is 0 Å². The molecule has 0 saturated carbocycles. The highest BCUT2D eigenvalue weighted by Crippen LogP contribution is 2.20. The molecule has 0 amide bonds. The number of nitrogens with zero attached hydrogens (tertiary/aromatic N) is 1. The van der Waals surface area contributed by atoms with Crippen molar-refractivity contribution in [3.8, 4) is 11.8 Å². The fraction of sp³-hybridized carbons (Fsp3) is 0.922. The second kappa shape index (κ2) is 46.4. The first kappa shape index (κ1) is 56.4. The van der Waals surface area contributed by atoms with E-state index in [2.05, 4.69) is 44.4 Å². The van der Waals surface area contributed by atoms with Crippen LogP contribution >= 0.6 is 0 Å². The normalized spacial score (nSPS) is 11.9. The molecule has 0 spiro atoms. The molecule has 1 atom stereocenters. The Morgan fingerprint density at radius 2 is 0.828 bits per heavy atom. The van der Waals surface area contributed by atoms with Gasteiger partial charge >= 0.3 is 11.9 Å². The summed E-state index contributed by atoms with van der Waals surface area (Å²) >= 11 is 0. The summed E-state index contributed by atoms with van der Waals surface area (Å²) in [5.41, 5.74) is 0. The van der Waals surface area contributed by atoms with Gasteiger partial charge in [0.05, 0.1) is 19.3 Å². The molecular formula is C51H97NO6. The molecule has 58 heavy (non-hydrogen) atoms. The van der Waals surface area contributed by atoms with Gasteiger partial charge in [0, 0.05) is 32.2 Å². The maximum atomic E-state index is 12.1. The van der Waals surface area contributed by atoms with Crippen LogP contribution in [0.25, 0.3) is 0 Å². The Morgan fingerprint density at radius 1 is 0.448 bits per heavy atom. The molecule has 0 radical (unpaired) electrons. The van der Waals surface area contributed by atoms with Crippen LogP contribution in [0.15, 0.2) is 0 Å². The summed E-state index contributed by atoms with van der Waals surface area (Å²) in [5.74, 6) is 6.22. The van der Waals surface area contributed by atoms with E-state index in [1.807, 2.05) is 0 Å². The summed E-state index contributed by atoms with van der Waals surface area (Å²) in [5, 5.41) is 10.8. The van der Waals surface area contributed by atoms with E-state index in [9.17, 15) is 14.7 Å². The summed E-state index contributed by atoms with van der Waals surface area (Å²) < 4.78 is 17.2. The van der Waals surface area contributed by atoms with Gasteiger partial charge in [0.1, 0.15) is 0 Å². The van der Waals surface area contributed by atoms with Gasteiger partial charge in [0.25, 0.3) is 0 Å². The zero-order valence-electron chi connectivity index (χ0n) is 39.1. The van der Waals surface area contributed by atoms with Crippen LogP contribution in [0.4, 0.5) is 0 Å². The number of aliphatic hydroxyl groups excluding tert-OH is 1. The Kier molecular flexibility index (Phi) is 45.1. The minimum atomic E-state index is -0.634. The summed E-state index contributed by atoms with van der Waals surface area (Å²) in [6, 6.07) is 0. The zero-order valence-corrected chi connectivity index (χ0v) is 39.1. The summed E-state index contributed by atoms with van der Waals surface area (Å²) in [6.45, 7) is 12.9. The van der Waals surface area contributed by atoms with Crippen molar-refractivity contribution in [3.05, 3.63) is 0 Å². The zero-order chi connectivity index (χ0) is 42.4. The standard InChI is InChI=1S/C51H97NO6/c1-5-9-13-16-19-28-36-46-56-50(54)41-32-24-20-26-34-43-52(45-37-47-57-49(53)40-29-12-8-4)44-35-27-21-25-33-42-51(55)58-48(38-30-22-17-14-10-6-2)39-31-23-18-15-11-7-3/h48,51,55H,5-15,17-18,20-47H2,1-4H3. The van der Waals surface area contributed by atoms with Crippen molar-refractivity contribution >= 4 is 11.9 Å². The lowest BCUT2D eigenvalue weighted by Gasteiger charge is -2.23. The van der Waals surface area contributed by atoms with E-state index >= 15 is 0 Å². The number of aliphatic hydroxyl groups is 1. The molecule has 7 nitrogen and oxygen atoms in total. The summed E-state index contributed by atoms with van der Waals surface area (Å²) in [7, 11) is 0. The van der Waals surface area contributed by atoms with Crippen LogP contribution in [0, 0.1) is 11.8 Å². The van der Waals surface area contributed by atoms with Gasteiger partial charge in [-0.1, -0.05) is 163 Å². The molecule has 0 bridgehead atoms. The van der Waals surface area contributed by atoms with Crippen LogP contribution in [0.3, 0.4) is 0 Å². The van der Waals surface area contributed by atoms with Gasteiger partial charge in [0.2, 0.25) is 0 Å². The van der Waals surface area contributed by atoms with Crippen molar-refractivity contribution in [2.75, 3.05) is 32.8 Å². The van der Waals surface area contributed by atoms with E-state index < -0.39 is 6.29 Å². The largest absolute Gasteiger partial charge is 0.466 e. The van der Waals surface area contributed by atoms with Gasteiger partial charge in [-0.3, -0.25) is 9.59 Å². The molecule has 0 saturated heterocycles. The van der Waals surface area contributed by atoms with Crippen molar-refractivity contribution in [2.45, 2.75) is 271 Å². The molecule has 0 aromatic carbocycles. The number of esters is 2. The average molecular weight is 820 g/mol. The molecule has 0 aliphatic heterocycles. The number of carbonyl (C=O) groups excluding carboxylic acids is 2. The Morgan fingerprint density at radius 3 is 1.36 bits per heavy atom. The van der Waals surface area contributed by atoms with E-state index in [0.717, 1.165) is 135 Å². The Labute approximate surface area is 360 Å². The smallest absolute Gasteiger partial charge is 0.305 e. The second-order valence-electron chi connectivity index (χ2n) is 17.1. The highest BCUT2D eigenvalue weighted by Gasteiger charge is 2.15. The molecule has 0 rings (SSSR count). The number of hydrogen-bond acceptors (Lipinski definition) is 7. The SMILES string of the molecule is CCCCC#CCCCOC(=O)CCCCCCCN(CCCCCCCC(O)OC(CCCCCCCC)CCCCCCCC)CCCOC(=O)CCCCC. The van der Waals surface area contributed by atoms with Gasteiger partial charge < -0.3 is 24.2 Å². The van der Waals surface area contributed by atoms with E-state index in [0.29, 0.717) is 26.1 Å². The molecule has 0 heterocycles. The Hall–Kier alpha value is -1.62. The molecule has 0 fully saturated rings. The van der Waals surface area contributed by atoms with Crippen LogP contribution in [0.5, 0.6) is 0 Å². The molecule has 0 aliphatic rings. The molecule has 0 aromatic rings. The van der Waals surface area contributed by atoms with Gasteiger partial charge in [-0.05, 0) is 83.7 Å². The van der Waals surface area contributed by atoms with Crippen molar-refractivity contribution in [3.63, 3.8) is 0 Å². The fourth-order valence-electron chi connectivity index (χ4n) is 7.46. The van der Waals surface area contributed by atoms with Crippen LogP contribution in [0.2, 0.25) is 0 Å². The highest BCUT2D eigenvalue weighted by atomic mass is 16.6. The predicted octanol–water partition coefficient (Wildman–Crippen LogP) is 14.2. The highest BCUT2D eigenvalue weighted by molar-refractivity contribution is 5.69. The first-order chi connectivity index (χ1) is 28.5. The van der Waals surface area contributed by atoms with Crippen molar-refractivity contribution in [2.24, 2.45) is 0 Å². The monoisotopic (exact) mass is 820 g/mol. The molecule has 1 N–H and O–H groups in total. The van der Waals surface area contributed by atoms with Gasteiger partial charge in [-0.25, -0.2) is 0 Å². The lowest BCUT2D eigenvalue weighted by Crippen LogP contribution is -2.28.